The van der Waals surface area contributed by atoms with Crippen LogP contribution in [0.2, 0.25) is 0 Å². The summed E-state index contributed by atoms with van der Waals surface area (Å²) in [6.45, 7) is 0. The molecule has 150 valence electrons. The molecule has 1 amide bonds. The van der Waals surface area contributed by atoms with Crippen LogP contribution in [0.1, 0.15) is 36.0 Å². The Morgan fingerprint density at radius 3 is 1.96 bits per heavy atom. The number of hydrogen-bond donors (Lipinski definition) is 1. The van der Waals surface area contributed by atoms with Gasteiger partial charge in [0.2, 0.25) is 15.8 Å². The minimum Gasteiger partial charge on any atom is -0.493 e. The fourth-order valence-electron chi connectivity index (χ4n) is 4.27. The molecule has 2 unspecified atom stereocenters. The highest BCUT2D eigenvalue weighted by molar-refractivity contribution is 7.88. The first kappa shape index (κ1) is 19.8. The van der Waals surface area contributed by atoms with E-state index in [0.29, 0.717) is 35.7 Å². The lowest BCUT2D eigenvalue weighted by atomic mass is 9.99. The second-order valence-corrected chi connectivity index (χ2v) is 8.92. The van der Waals surface area contributed by atoms with Crippen molar-refractivity contribution < 1.29 is 27.4 Å². The van der Waals surface area contributed by atoms with Crippen LogP contribution in [0.5, 0.6) is 17.2 Å². The highest BCUT2D eigenvalue weighted by Crippen LogP contribution is 2.39. The van der Waals surface area contributed by atoms with E-state index in [4.69, 9.17) is 14.2 Å². The number of sulfonamides is 1. The quantitative estimate of drug-likeness (QED) is 0.778. The molecule has 1 aromatic rings. The highest BCUT2D eigenvalue weighted by atomic mass is 32.2. The van der Waals surface area contributed by atoms with Crippen LogP contribution in [0.3, 0.4) is 0 Å². The zero-order chi connectivity index (χ0) is 19.8. The Labute approximate surface area is 159 Å². The maximum atomic E-state index is 12.8. The number of hydrogen-bond acceptors (Lipinski definition) is 6. The highest BCUT2D eigenvalue weighted by Gasteiger charge is 2.45. The summed E-state index contributed by atoms with van der Waals surface area (Å²) in [7, 11) is 1.28. The summed E-state index contributed by atoms with van der Waals surface area (Å²) in [5.74, 6) is 1.01. The van der Waals surface area contributed by atoms with Gasteiger partial charge in [0.15, 0.2) is 11.5 Å². The summed E-state index contributed by atoms with van der Waals surface area (Å²) in [6, 6.07) is 3.08. The van der Waals surface area contributed by atoms with E-state index >= 15 is 0 Å². The Hall–Kier alpha value is -2.00. The second-order valence-electron chi connectivity index (χ2n) is 7.03. The van der Waals surface area contributed by atoms with Crippen molar-refractivity contribution in [3.8, 4) is 17.2 Å². The zero-order valence-corrected chi connectivity index (χ0v) is 16.8. The van der Waals surface area contributed by atoms with Crippen molar-refractivity contribution >= 4 is 15.9 Å². The van der Waals surface area contributed by atoms with Gasteiger partial charge in [0.25, 0.3) is 5.91 Å². The van der Waals surface area contributed by atoms with E-state index in [1.807, 2.05) is 0 Å². The molecule has 1 aromatic carbocycles. The van der Waals surface area contributed by atoms with Crippen LogP contribution in [0.15, 0.2) is 12.1 Å². The fraction of sp³-hybridized carbons (Fsp3) is 0.611. The third-order valence-electron chi connectivity index (χ3n) is 5.31. The standard InChI is InChI=1S/C18H26N2O6S/c1-24-15-7-11(8-16(25-2)17(15)26-3)18(21)19-12-9-13-5-6-14(10-12)20(13)27(4,22)23/h7-8,12-14H,5-6,9-10H2,1-4H3,(H,19,21). The van der Waals surface area contributed by atoms with Gasteiger partial charge in [-0.05, 0) is 37.8 Å². The lowest BCUT2D eigenvalue weighted by molar-refractivity contribution is 0.0908. The number of piperidine rings is 1. The first-order valence-electron chi connectivity index (χ1n) is 8.87. The number of nitrogens with one attached hydrogen (secondary N) is 1. The van der Waals surface area contributed by atoms with Crippen molar-refractivity contribution in [3.63, 3.8) is 0 Å². The molecule has 0 aromatic heterocycles. The van der Waals surface area contributed by atoms with E-state index in [1.165, 1.54) is 27.6 Å². The third kappa shape index (κ3) is 3.84. The second kappa shape index (κ2) is 7.55. The van der Waals surface area contributed by atoms with Crippen LogP contribution in [0.4, 0.5) is 0 Å². The number of carbonyl (C=O) groups is 1. The van der Waals surface area contributed by atoms with Gasteiger partial charge in [0, 0.05) is 23.7 Å². The van der Waals surface area contributed by atoms with E-state index in [1.54, 1.807) is 16.4 Å². The van der Waals surface area contributed by atoms with Gasteiger partial charge in [-0.15, -0.1) is 0 Å². The number of ether oxygens (including phenoxy) is 3. The number of benzene rings is 1. The summed E-state index contributed by atoms with van der Waals surface area (Å²) >= 11 is 0. The van der Waals surface area contributed by atoms with Crippen molar-refractivity contribution in [2.75, 3.05) is 27.6 Å². The van der Waals surface area contributed by atoms with E-state index in [2.05, 4.69) is 5.32 Å². The molecule has 9 heteroatoms. The molecule has 0 aliphatic carbocycles. The van der Waals surface area contributed by atoms with Crippen molar-refractivity contribution in [2.45, 2.75) is 43.8 Å². The smallest absolute Gasteiger partial charge is 0.251 e. The van der Waals surface area contributed by atoms with Crippen molar-refractivity contribution in [2.24, 2.45) is 0 Å². The molecule has 2 bridgehead atoms. The Bertz CT molecular complexity index is 786. The molecular formula is C18H26N2O6S. The molecule has 2 aliphatic heterocycles. The van der Waals surface area contributed by atoms with E-state index in [-0.39, 0.29) is 24.0 Å². The normalized spacial score (nSPS) is 25.1. The molecule has 8 nitrogen and oxygen atoms in total. The first-order chi connectivity index (χ1) is 12.8. The first-order valence-corrected chi connectivity index (χ1v) is 10.7. The largest absolute Gasteiger partial charge is 0.493 e. The summed E-state index contributed by atoms with van der Waals surface area (Å²) in [5, 5.41) is 3.04. The number of methoxy groups -OCH3 is 3. The topological polar surface area (TPSA) is 94.2 Å². The molecule has 0 spiro atoms. The van der Waals surface area contributed by atoms with Crippen molar-refractivity contribution in [1.29, 1.82) is 0 Å². The van der Waals surface area contributed by atoms with E-state index < -0.39 is 10.0 Å². The lowest BCUT2D eigenvalue weighted by Crippen LogP contribution is -2.52. The van der Waals surface area contributed by atoms with Gasteiger partial charge in [0.05, 0.1) is 27.6 Å². The number of fused-ring (bicyclic) bond motifs is 2. The molecule has 2 saturated heterocycles. The number of nitrogens with zero attached hydrogens (tertiary/aromatic N) is 1. The minimum absolute atomic E-state index is 0.0380. The maximum Gasteiger partial charge on any atom is 0.251 e. The monoisotopic (exact) mass is 398 g/mol. The predicted molar refractivity (Wildman–Crippen MR) is 100 cm³/mol. The molecule has 0 saturated carbocycles. The summed E-state index contributed by atoms with van der Waals surface area (Å²) in [6.07, 6.45) is 4.19. The van der Waals surface area contributed by atoms with Crippen LogP contribution in [-0.4, -0.2) is 64.3 Å². The van der Waals surface area contributed by atoms with Gasteiger partial charge in [-0.3, -0.25) is 4.79 Å². The van der Waals surface area contributed by atoms with Crippen LogP contribution >= 0.6 is 0 Å². The van der Waals surface area contributed by atoms with E-state index in [0.717, 1.165) is 12.8 Å². The molecule has 3 rings (SSSR count). The fourth-order valence-corrected chi connectivity index (χ4v) is 5.74. The van der Waals surface area contributed by atoms with Crippen LogP contribution < -0.4 is 19.5 Å². The molecule has 27 heavy (non-hydrogen) atoms. The zero-order valence-electron chi connectivity index (χ0n) is 16.0. The Balaban J connectivity index is 1.75. The summed E-state index contributed by atoms with van der Waals surface area (Å²) < 4.78 is 41.5. The van der Waals surface area contributed by atoms with Gasteiger partial charge in [-0.1, -0.05) is 0 Å². The molecule has 2 heterocycles. The van der Waals surface area contributed by atoms with Crippen LogP contribution in [-0.2, 0) is 10.0 Å². The molecule has 1 N–H and O–H groups in total. The molecule has 2 fully saturated rings. The van der Waals surface area contributed by atoms with Crippen molar-refractivity contribution in [1.82, 2.24) is 9.62 Å². The summed E-state index contributed by atoms with van der Waals surface area (Å²) in [5.41, 5.74) is 0.405. The average molecular weight is 398 g/mol. The molecular weight excluding hydrogens is 372 g/mol. The maximum absolute atomic E-state index is 12.8. The van der Waals surface area contributed by atoms with E-state index in [9.17, 15) is 13.2 Å². The van der Waals surface area contributed by atoms with Crippen LogP contribution in [0.25, 0.3) is 0 Å². The Kier molecular flexibility index (Phi) is 5.53. The van der Waals surface area contributed by atoms with Crippen molar-refractivity contribution in [3.05, 3.63) is 17.7 Å². The van der Waals surface area contributed by atoms with Crippen LogP contribution in [0, 0.1) is 0 Å². The summed E-state index contributed by atoms with van der Waals surface area (Å²) in [4.78, 5) is 12.8. The lowest BCUT2D eigenvalue weighted by Gasteiger charge is -2.37. The number of rotatable bonds is 6. The van der Waals surface area contributed by atoms with Gasteiger partial charge in [0.1, 0.15) is 0 Å². The molecule has 0 radical (unpaired) electrons. The number of amides is 1. The van der Waals surface area contributed by atoms with Gasteiger partial charge in [-0.2, -0.15) is 4.31 Å². The molecule has 2 atom stereocenters. The minimum atomic E-state index is -3.22. The SMILES string of the molecule is COc1cc(C(=O)NC2CC3CCC(C2)N3S(C)(=O)=O)cc(OC)c1OC. The van der Waals surface area contributed by atoms with Gasteiger partial charge < -0.3 is 19.5 Å². The third-order valence-corrected chi connectivity index (χ3v) is 6.67. The predicted octanol–water partition coefficient (Wildman–Crippen LogP) is 1.40. The average Bonchev–Trinajstić information content (AvgIpc) is 2.92. The number of carbonyl (C=O) groups excluding carboxylic acids is 1. The van der Waals surface area contributed by atoms with Gasteiger partial charge >= 0.3 is 0 Å². The molecule has 2 aliphatic rings. The van der Waals surface area contributed by atoms with Gasteiger partial charge in [-0.25, -0.2) is 8.42 Å². The Morgan fingerprint density at radius 1 is 1.04 bits per heavy atom. The Morgan fingerprint density at radius 2 is 1.56 bits per heavy atom.